The van der Waals surface area contributed by atoms with Crippen LogP contribution in [-0.4, -0.2) is 24.2 Å². The van der Waals surface area contributed by atoms with Gasteiger partial charge in [0.05, 0.1) is 22.7 Å². The second kappa shape index (κ2) is 5.49. The van der Waals surface area contributed by atoms with Gasteiger partial charge in [-0.2, -0.15) is 5.26 Å². The zero-order valence-electron chi connectivity index (χ0n) is 11.4. The highest BCUT2D eigenvalue weighted by atomic mass is 19.1. The Kier molecular flexibility index (Phi) is 3.93. The fraction of sp³-hybridized carbons (Fsp3) is 0.467. The number of piperidine rings is 1. The van der Waals surface area contributed by atoms with Gasteiger partial charge in [-0.1, -0.05) is 6.92 Å². The van der Waals surface area contributed by atoms with Gasteiger partial charge in [-0.25, -0.2) is 4.39 Å². The summed E-state index contributed by atoms with van der Waals surface area (Å²) < 4.78 is 13.9. The largest absolute Gasteiger partial charge is 0.481 e. The Morgan fingerprint density at radius 2 is 2.15 bits per heavy atom. The Labute approximate surface area is 117 Å². The third-order valence-electron chi connectivity index (χ3n) is 4.27. The number of carboxylic acid groups (broad SMARTS) is 1. The van der Waals surface area contributed by atoms with Crippen molar-refractivity contribution >= 4 is 11.7 Å². The van der Waals surface area contributed by atoms with Crippen LogP contribution >= 0.6 is 0 Å². The number of rotatable bonds is 3. The minimum atomic E-state index is -0.764. The van der Waals surface area contributed by atoms with Crippen LogP contribution in [0.4, 0.5) is 10.1 Å². The van der Waals surface area contributed by atoms with Crippen molar-refractivity contribution in [2.24, 2.45) is 5.41 Å². The molecule has 106 valence electrons. The molecular formula is C15H17FN2O2. The van der Waals surface area contributed by atoms with E-state index in [4.69, 9.17) is 5.26 Å². The Morgan fingerprint density at radius 3 is 2.60 bits per heavy atom. The highest BCUT2D eigenvalue weighted by Crippen LogP contribution is 2.37. The molecular weight excluding hydrogens is 259 g/mol. The molecule has 5 heteroatoms. The standard InChI is InChI=1S/C15H17FN2O2/c1-2-15(14(19)20)5-7-18(8-6-15)13-4-3-11(10-17)9-12(13)16/h3-4,9H,2,5-8H2,1H3,(H,19,20). The molecule has 0 saturated carbocycles. The predicted molar refractivity (Wildman–Crippen MR) is 72.9 cm³/mol. The average molecular weight is 276 g/mol. The Balaban J connectivity index is 2.15. The lowest BCUT2D eigenvalue weighted by Gasteiger charge is -2.39. The van der Waals surface area contributed by atoms with E-state index >= 15 is 0 Å². The summed E-state index contributed by atoms with van der Waals surface area (Å²) in [6.45, 7) is 2.91. The molecule has 1 heterocycles. The minimum absolute atomic E-state index is 0.289. The van der Waals surface area contributed by atoms with Crippen molar-refractivity contribution in [3.63, 3.8) is 0 Å². The molecule has 1 fully saturated rings. The zero-order chi connectivity index (χ0) is 14.8. The van der Waals surface area contributed by atoms with E-state index in [0.717, 1.165) is 0 Å². The first kappa shape index (κ1) is 14.3. The second-order valence-electron chi connectivity index (χ2n) is 5.20. The maximum Gasteiger partial charge on any atom is 0.309 e. The van der Waals surface area contributed by atoms with Gasteiger partial charge >= 0.3 is 5.97 Å². The zero-order valence-corrected chi connectivity index (χ0v) is 11.4. The van der Waals surface area contributed by atoms with E-state index < -0.39 is 17.2 Å². The third-order valence-corrected chi connectivity index (χ3v) is 4.27. The smallest absolute Gasteiger partial charge is 0.309 e. The van der Waals surface area contributed by atoms with Crippen molar-refractivity contribution < 1.29 is 14.3 Å². The summed E-state index contributed by atoms with van der Waals surface area (Å²) in [6.07, 6.45) is 1.61. The molecule has 0 aliphatic carbocycles. The van der Waals surface area contributed by atoms with Crippen molar-refractivity contribution in [1.82, 2.24) is 0 Å². The summed E-state index contributed by atoms with van der Waals surface area (Å²) in [5.74, 6) is -1.19. The summed E-state index contributed by atoms with van der Waals surface area (Å²) in [6, 6.07) is 6.29. The molecule has 1 aliphatic rings. The first-order chi connectivity index (χ1) is 9.52. The number of carbonyl (C=O) groups is 1. The highest BCUT2D eigenvalue weighted by Gasteiger charge is 2.40. The minimum Gasteiger partial charge on any atom is -0.481 e. The lowest BCUT2D eigenvalue weighted by Crippen LogP contribution is -2.44. The molecule has 0 amide bonds. The number of nitrogens with zero attached hydrogens (tertiary/aromatic N) is 2. The van der Waals surface area contributed by atoms with Crippen LogP contribution in [-0.2, 0) is 4.79 Å². The molecule has 1 saturated heterocycles. The molecule has 1 aromatic carbocycles. The van der Waals surface area contributed by atoms with Crippen LogP contribution in [0.15, 0.2) is 18.2 Å². The molecule has 20 heavy (non-hydrogen) atoms. The number of anilines is 1. The quantitative estimate of drug-likeness (QED) is 0.922. The van der Waals surface area contributed by atoms with Gasteiger partial charge in [-0.05, 0) is 37.5 Å². The number of hydrogen-bond donors (Lipinski definition) is 1. The molecule has 1 N–H and O–H groups in total. The molecule has 0 unspecified atom stereocenters. The number of aliphatic carboxylic acids is 1. The highest BCUT2D eigenvalue weighted by molar-refractivity contribution is 5.75. The molecule has 2 rings (SSSR count). The molecule has 0 aromatic heterocycles. The lowest BCUT2D eigenvalue weighted by molar-refractivity contribution is -0.150. The van der Waals surface area contributed by atoms with Crippen LogP contribution in [0, 0.1) is 22.6 Å². The van der Waals surface area contributed by atoms with E-state index in [9.17, 15) is 14.3 Å². The summed E-state index contributed by atoms with van der Waals surface area (Å²) >= 11 is 0. The normalized spacial score (nSPS) is 17.6. The fourth-order valence-corrected chi connectivity index (χ4v) is 2.73. The van der Waals surface area contributed by atoms with E-state index in [2.05, 4.69) is 0 Å². The van der Waals surface area contributed by atoms with Crippen molar-refractivity contribution in [2.45, 2.75) is 26.2 Å². The van der Waals surface area contributed by atoms with Crippen LogP contribution in [0.1, 0.15) is 31.7 Å². The fourth-order valence-electron chi connectivity index (χ4n) is 2.73. The molecule has 0 spiro atoms. The van der Waals surface area contributed by atoms with Crippen molar-refractivity contribution in [1.29, 1.82) is 5.26 Å². The number of hydrogen-bond acceptors (Lipinski definition) is 3. The monoisotopic (exact) mass is 276 g/mol. The number of benzene rings is 1. The van der Waals surface area contributed by atoms with Crippen LogP contribution in [0.3, 0.4) is 0 Å². The lowest BCUT2D eigenvalue weighted by atomic mass is 9.76. The van der Waals surface area contributed by atoms with Gasteiger partial charge < -0.3 is 10.0 Å². The SMILES string of the molecule is CCC1(C(=O)O)CCN(c2ccc(C#N)cc2F)CC1. The van der Waals surface area contributed by atoms with Crippen LogP contribution < -0.4 is 4.90 Å². The van der Waals surface area contributed by atoms with Crippen molar-refractivity contribution in [3.8, 4) is 6.07 Å². The van der Waals surface area contributed by atoms with Gasteiger partial charge in [0.15, 0.2) is 0 Å². The maximum absolute atomic E-state index is 13.9. The van der Waals surface area contributed by atoms with Crippen LogP contribution in [0.2, 0.25) is 0 Å². The summed E-state index contributed by atoms with van der Waals surface area (Å²) in [5, 5.41) is 18.1. The number of nitriles is 1. The average Bonchev–Trinajstić information content (AvgIpc) is 2.47. The number of halogens is 1. The third kappa shape index (κ3) is 2.46. The van der Waals surface area contributed by atoms with E-state index in [1.165, 1.54) is 6.07 Å². The summed E-state index contributed by atoms with van der Waals surface area (Å²) in [4.78, 5) is 13.2. The van der Waals surface area contributed by atoms with Crippen LogP contribution in [0.5, 0.6) is 0 Å². The molecule has 1 aliphatic heterocycles. The summed E-state index contributed by atoms with van der Waals surface area (Å²) in [5.41, 5.74) is 0.0512. The van der Waals surface area contributed by atoms with E-state index in [-0.39, 0.29) is 5.56 Å². The number of carboxylic acids is 1. The molecule has 0 atom stereocenters. The summed E-state index contributed by atoms with van der Waals surface area (Å²) in [7, 11) is 0. The topological polar surface area (TPSA) is 64.3 Å². The van der Waals surface area contributed by atoms with Crippen LogP contribution in [0.25, 0.3) is 0 Å². The predicted octanol–water partition coefficient (Wildman–Crippen LogP) is 2.78. The van der Waals surface area contributed by atoms with E-state index in [1.807, 2.05) is 17.9 Å². The van der Waals surface area contributed by atoms with Gasteiger partial charge in [-0.15, -0.1) is 0 Å². The van der Waals surface area contributed by atoms with Crippen molar-refractivity contribution in [2.75, 3.05) is 18.0 Å². The molecule has 0 bridgehead atoms. The van der Waals surface area contributed by atoms with E-state index in [0.29, 0.717) is 38.0 Å². The van der Waals surface area contributed by atoms with E-state index in [1.54, 1.807) is 12.1 Å². The molecule has 4 nitrogen and oxygen atoms in total. The van der Waals surface area contributed by atoms with Gasteiger partial charge in [-0.3, -0.25) is 4.79 Å². The van der Waals surface area contributed by atoms with Gasteiger partial charge in [0, 0.05) is 13.1 Å². The molecule has 1 aromatic rings. The maximum atomic E-state index is 13.9. The van der Waals surface area contributed by atoms with Gasteiger partial charge in [0.1, 0.15) is 5.82 Å². The van der Waals surface area contributed by atoms with Crippen molar-refractivity contribution in [3.05, 3.63) is 29.6 Å². The second-order valence-corrected chi connectivity index (χ2v) is 5.20. The first-order valence-electron chi connectivity index (χ1n) is 6.70. The van der Waals surface area contributed by atoms with Gasteiger partial charge in [0.25, 0.3) is 0 Å². The Hall–Kier alpha value is -2.09. The van der Waals surface area contributed by atoms with Gasteiger partial charge in [0.2, 0.25) is 0 Å². The first-order valence-corrected chi connectivity index (χ1v) is 6.70. The Morgan fingerprint density at radius 1 is 1.50 bits per heavy atom. The molecule has 0 radical (unpaired) electrons. The Bertz CT molecular complexity index is 557.